The Bertz CT molecular complexity index is 659. The summed E-state index contributed by atoms with van der Waals surface area (Å²) in [5.74, 6) is -2.67. The Morgan fingerprint density at radius 3 is 2.83 bits per heavy atom. The Labute approximate surface area is 138 Å². The van der Waals surface area contributed by atoms with Crippen molar-refractivity contribution in [2.24, 2.45) is 0 Å². The smallest absolute Gasteiger partial charge is 0.257 e. The van der Waals surface area contributed by atoms with Gasteiger partial charge in [0.2, 0.25) is 5.91 Å². The first-order valence-corrected chi connectivity index (χ1v) is 8.14. The van der Waals surface area contributed by atoms with Crippen LogP contribution in [-0.4, -0.2) is 36.6 Å². The van der Waals surface area contributed by atoms with Gasteiger partial charge in [0.05, 0.1) is 18.2 Å². The predicted molar refractivity (Wildman–Crippen MR) is 82.5 cm³/mol. The molecular formula is C17H20F2N2O3. The molecule has 2 heterocycles. The summed E-state index contributed by atoms with van der Waals surface area (Å²) in [6.45, 7) is 2.08. The van der Waals surface area contributed by atoms with E-state index in [1.54, 1.807) is 0 Å². The number of hydrogen-bond acceptors (Lipinski definition) is 3. The third-order valence-corrected chi connectivity index (χ3v) is 4.64. The van der Waals surface area contributed by atoms with Crippen LogP contribution in [0.3, 0.4) is 0 Å². The van der Waals surface area contributed by atoms with Crippen molar-refractivity contribution in [2.75, 3.05) is 6.61 Å². The molecule has 0 bridgehead atoms. The SMILES string of the molecule is Cc1ccc(F)c(C(=O)N[C@@H]2CCC(=O)N[C@@H]2[C@H]2CCCO2)c1F. The van der Waals surface area contributed by atoms with Crippen molar-refractivity contribution in [3.8, 4) is 0 Å². The van der Waals surface area contributed by atoms with Crippen LogP contribution < -0.4 is 10.6 Å². The molecule has 1 aromatic carbocycles. The van der Waals surface area contributed by atoms with Crippen molar-refractivity contribution in [1.82, 2.24) is 10.6 Å². The molecule has 0 unspecified atom stereocenters. The highest BCUT2D eigenvalue weighted by atomic mass is 19.1. The molecule has 7 heteroatoms. The Morgan fingerprint density at radius 2 is 2.12 bits per heavy atom. The third-order valence-electron chi connectivity index (χ3n) is 4.64. The maximum Gasteiger partial charge on any atom is 0.257 e. The Hall–Kier alpha value is -2.02. The number of carbonyl (C=O) groups is 2. The van der Waals surface area contributed by atoms with Crippen molar-refractivity contribution in [3.05, 3.63) is 34.9 Å². The summed E-state index contributed by atoms with van der Waals surface area (Å²) >= 11 is 0. The number of aryl methyl sites for hydroxylation is 1. The van der Waals surface area contributed by atoms with E-state index in [2.05, 4.69) is 10.6 Å². The van der Waals surface area contributed by atoms with E-state index >= 15 is 0 Å². The molecule has 0 aromatic heterocycles. The lowest BCUT2D eigenvalue weighted by atomic mass is 9.92. The van der Waals surface area contributed by atoms with Crippen LogP contribution in [0.15, 0.2) is 12.1 Å². The second-order valence-electron chi connectivity index (χ2n) is 6.32. The summed E-state index contributed by atoms with van der Waals surface area (Å²) in [6.07, 6.45) is 2.15. The minimum absolute atomic E-state index is 0.103. The van der Waals surface area contributed by atoms with Crippen LogP contribution in [0.2, 0.25) is 0 Å². The van der Waals surface area contributed by atoms with Gasteiger partial charge in [-0.15, -0.1) is 0 Å². The number of ether oxygens (including phenoxy) is 1. The van der Waals surface area contributed by atoms with E-state index in [4.69, 9.17) is 4.74 Å². The molecule has 24 heavy (non-hydrogen) atoms. The highest BCUT2D eigenvalue weighted by Crippen LogP contribution is 2.23. The lowest BCUT2D eigenvalue weighted by molar-refractivity contribution is -0.125. The molecule has 2 saturated heterocycles. The second kappa shape index (κ2) is 6.84. The molecule has 2 fully saturated rings. The van der Waals surface area contributed by atoms with Gasteiger partial charge in [-0.2, -0.15) is 0 Å². The minimum atomic E-state index is -0.899. The number of rotatable bonds is 3. The number of hydrogen-bond donors (Lipinski definition) is 2. The molecule has 0 spiro atoms. The number of carbonyl (C=O) groups excluding carboxylic acids is 2. The van der Waals surface area contributed by atoms with Crippen molar-refractivity contribution < 1.29 is 23.1 Å². The Morgan fingerprint density at radius 1 is 1.33 bits per heavy atom. The Kier molecular flexibility index (Phi) is 4.80. The maximum absolute atomic E-state index is 14.1. The van der Waals surface area contributed by atoms with E-state index in [1.807, 2.05) is 0 Å². The van der Waals surface area contributed by atoms with Gasteiger partial charge in [0.25, 0.3) is 5.91 Å². The van der Waals surface area contributed by atoms with E-state index in [0.717, 1.165) is 18.9 Å². The quantitative estimate of drug-likeness (QED) is 0.884. The summed E-state index contributed by atoms with van der Waals surface area (Å²) in [5, 5.41) is 5.52. The van der Waals surface area contributed by atoms with Gasteiger partial charge in [0, 0.05) is 13.0 Å². The van der Waals surface area contributed by atoms with Gasteiger partial charge in [-0.25, -0.2) is 8.78 Å². The van der Waals surface area contributed by atoms with Gasteiger partial charge in [-0.1, -0.05) is 6.07 Å². The van der Waals surface area contributed by atoms with E-state index in [0.29, 0.717) is 13.0 Å². The van der Waals surface area contributed by atoms with Gasteiger partial charge < -0.3 is 15.4 Å². The molecular weight excluding hydrogens is 318 g/mol. The number of halogens is 2. The molecule has 2 N–H and O–H groups in total. The Balaban J connectivity index is 1.79. The first kappa shape index (κ1) is 16.8. The number of amides is 2. The zero-order valence-corrected chi connectivity index (χ0v) is 13.4. The normalized spacial score (nSPS) is 27.0. The minimum Gasteiger partial charge on any atom is -0.376 e. The molecule has 2 amide bonds. The first-order valence-electron chi connectivity index (χ1n) is 8.14. The number of piperidine rings is 1. The van der Waals surface area contributed by atoms with Gasteiger partial charge in [0.1, 0.15) is 17.2 Å². The standard InChI is InChI=1S/C17H20F2N2O3/c1-9-4-5-10(18)14(15(9)19)17(23)20-11-6-7-13(22)21-16(11)12-3-2-8-24-12/h4-5,11-12,16H,2-3,6-8H2,1H3,(H,20,23)(H,21,22)/t11-,12-,16+/m1/s1. The van der Waals surface area contributed by atoms with Gasteiger partial charge >= 0.3 is 0 Å². The summed E-state index contributed by atoms with van der Waals surface area (Å²) in [6, 6.07) is 1.57. The fourth-order valence-corrected chi connectivity index (χ4v) is 3.33. The van der Waals surface area contributed by atoms with Crippen LogP contribution in [0.1, 0.15) is 41.6 Å². The van der Waals surface area contributed by atoms with Crippen LogP contribution in [0, 0.1) is 18.6 Å². The van der Waals surface area contributed by atoms with Crippen molar-refractivity contribution in [2.45, 2.75) is 50.8 Å². The fourth-order valence-electron chi connectivity index (χ4n) is 3.33. The van der Waals surface area contributed by atoms with E-state index < -0.39 is 29.1 Å². The fraction of sp³-hybridized carbons (Fsp3) is 0.529. The van der Waals surface area contributed by atoms with Gasteiger partial charge in [0.15, 0.2) is 0 Å². The molecule has 3 atom stereocenters. The van der Waals surface area contributed by atoms with Crippen LogP contribution in [0.4, 0.5) is 8.78 Å². The molecule has 1 aromatic rings. The summed E-state index contributed by atoms with van der Waals surface area (Å²) in [4.78, 5) is 24.1. The predicted octanol–water partition coefficient (Wildman–Crippen LogP) is 1.83. The molecule has 130 valence electrons. The van der Waals surface area contributed by atoms with Gasteiger partial charge in [-0.3, -0.25) is 9.59 Å². The van der Waals surface area contributed by atoms with Gasteiger partial charge in [-0.05, 0) is 37.8 Å². The summed E-state index contributed by atoms with van der Waals surface area (Å²) < 4.78 is 33.6. The zero-order chi connectivity index (χ0) is 17.3. The lowest BCUT2D eigenvalue weighted by Gasteiger charge is -2.36. The van der Waals surface area contributed by atoms with Crippen LogP contribution in [0.5, 0.6) is 0 Å². The van der Waals surface area contributed by atoms with Crippen LogP contribution >= 0.6 is 0 Å². The second-order valence-corrected chi connectivity index (χ2v) is 6.32. The lowest BCUT2D eigenvalue weighted by Crippen LogP contribution is -2.60. The van der Waals surface area contributed by atoms with Crippen molar-refractivity contribution in [1.29, 1.82) is 0 Å². The van der Waals surface area contributed by atoms with Crippen LogP contribution in [0.25, 0.3) is 0 Å². The molecule has 0 aliphatic carbocycles. The average molecular weight is 338 g/mol. The zero-order valence-electron chi connectivity index (χ0n) is 13.4. The molecule has 3 rings (SSSR count). The molecule has 0 radical (unpaired) electrons. The molecule has 2 aliphatic heterocycles. The summed E-state index contributed by atoms with van der Waals surface area (Å²) in [5.41, 5.74) is -0.382. The highest BCUT2D eigenvalue weighted by molar-refractivity contribution is 5.95. The van der Waals surface area contributed by atoms with E-state index in [1.165, 1.54) is 13.0 Å². The first-order chi connectivity index (χ1) is 11.5. The maximum atomic E-state index is 14.1. The molecule has 0 saturated carbocycles. The molecule has 5 nitrogen and oxygen atoms in total. The monoisotopic (exact) mass is 338 g/mol. The number of benzene rings is 1. The highest BCUT2D eigenvalue weighted by Gasteiger charge is 2.38. The summed E-state index contributed by atoms with van der Waals surface area (Å²) in [7, 11) is 0. The largest absolute Gasteiger partial charge is 0.376 e. The average Bonchev–Trinajstić information content (AvgIpc) is 3.07. The van der Waals surface area contributed by atoms with Crippen molar-refractivity contribution in [3.63, 3.8) is 0 Å². The van der Waals surface area contributed by atoms with E-state index in [-0.39, 0.29) is 30.0 Å². The third kappa shape index (κ3) is 3.26. The topological polar surface area (TPSA) is 67.4 Å². The van der Waals surface area contributed by atoms with Crippen molar-refractivity contribution >= 4 is 11.8 Å². The molecule has 2 aliphatic rings. The number of nitrogens with one attached hydrogen (secondary N) is 2. The van der Waals surface area contributed by atoms with E-state index in [9.17, 15) is 18.4 Å². The van der Waals surface area contributed by atoms with Crippen LogP contribution in [-0.2, 0) is 9.53 Å².